The molecule has 0 radical (unpaired) electrons. The van der Waals surface area contributed by atoms with Gasteiger partial charge in [0.2, 0.25) is 0 Å². The molecule has 4 aromatic heterocycles. The van der Waals surface area contributed by atoms with E-state index < -0.39 is 0 Å². The van der Waals surface area contributed by atoms with Crippen LogP contribution in [-0.2, 0) is 17.6 Å². The Bertz CT molecular complexity index is 1200. The lowest BCUT2D eigenvalue weighted by molar-refractivity contribution is 0.0518. The Morgan fingerprint density at radius 2 is 2.14 bits per heavy atom. The number of aromatic amines is 1. The molecule has 0 spiro atoms. The van der Waals surface area contributed by atoms with Gasteiger partial charge in [-0.3, -0.25) is 10.1 Å². The van der Waals surface area contributed by atoms with Crippen molar-refractivity contribution in [1.82, 2.24) is 29.9 Å². The van der Waals surface area contributed by atoms with Gasteiger partial charge in [0, 0.05) is 23.5 Å². The van der Waals surface area contributed by atoms with Crippen LogP contribution in [0, 0.1) is 0 Å². The summed E-state index contributed by atoms with van der Waals surface area (Å²) in [6, 6.07) is 7.87. The molecule has 5 rings (SSSR count). The molecule has 8 heteroatoms. The van der Waals surface area contributed by atoms with Crippen LogP contribution in [0.2, 0.25) is 0 Å². The van der Waals surface area contributed by atoms with Gasteiger partial charge in [-0.15, -0.1) is 0 Å². The lowest BCUT2D eigenvalue weighted by Gasteiger charge is -2.15. The van der Waals surface area contributed by atoms with Gasteiger partial charge < -0.3 is 4.74 Å². The SMILES string of the molecule is CCOC(=O)c1[nH]nc2c1CCc1ccc(-c3cnn(-c4cccnc4)c3)nc1-2. The van der Waals surface area contributed by atoms with E-state index in [1.807, 2.05) is 24.4 Å². The molecule has 0 atom stereocenters. The van der Waals surface area contributed by atoms with Crippen molar-refractivity contribution < 1.29 is 9.53 Å². The number of hydrogen-bond acceptors (Lipinski definition) is 6. The molecule has 0 bridgehead atoms. The van der Waals surface area contributed by atoms with Crippen LogP contribution in [-0.4, -0.2) is 42.5 Å². The molecule has 29 heavy (non-hydrogen) atoms. The standard InChI is InChI=1S/C21H18N6O2/c1-2-29-21(28)20-16-7-5-13-6-8-17(24-18(13)19(16)25-26-20)14-10-23-27(12-14)15-4-3-9-22-11-15/h3-4,6,8-12H,2,5,7H2,1H3,(H,25,26). The third-order valence-corrected chi connectivity index (χ3v) is 4.98. The molecule has 0 fully saturated rings. The minimum absolute atomic E-state index is 0.326. The van der Waals surface area contributed by atoms with Gasteiger partial charge in [-0.2, -0.15) is 10.2 Å². The number of ether oxygens (including phenoxy) is 1. The fraction of sp³-hybridized carbons (Fsp3) is 0.190. The molecule has 1 aliphatic carbocycles. The first-order chi connectivity index (χ1) is 14.2. The second kappa shape index (κ2) is 6.97. The number of carbonyl (C=O) groups is 1. The van der Waals surface area contributed by atoms with E-state index in [0.29, 0.717) is 12.3 Å². The number of aryl methyl sites for hydroxylation is 1. The maximum atomic E-state index is 12.2. The van der Waals surface area contributed by atoms with Crippen LogP contribution in [0.3, 0.4) is 0 Å². The summed E-state index contributed by atoms with van der Waals surface area (Å²) in [5.41, 5.74) is 6.49. The molecule has 144 valence electrons. The van der Waals surface area contributed by atoms with Crippen molar-refractivity contribution in [3.63, 3.8) is 0 Å². The average molecular weight is 386 g/mol. The summed E-state index contributed by atoms with van der Waals surface area (Å²) in [6.07, 6.45) is 8.71. The maximum absolute atomic E-state index is 12.2. The Morgan fingerprint density at radius 3 is 2.97 bits per heavy atom. The van der Waals surface area contributed by atoms with Crippen molar-refractivity contribution in [2.45, 2.75) is 19.8 Å². The summed E-state index contributed by atoms with van der Waals surface area (Å²) >= 11 is 0. The molecule has 0 saturated carbocycles. The number of hydrogen-bond donors (Lipinski definition) is 1. The molecule has 0 saturated heterocycles. The molecule has 4 aromatic rings. The fourth-order valence-corrected chi connectivity index (χ4v) is 3.58. The van der Waals surface area contributed by atoms with Crippen molar-refractivity contribution in [2.75, 3.05) is 6.61 Å². The number of fused-ring (bicyclic) bond motifs is 3. The van der Waals surface area contributed by atoms with Gasteiger partial charge in [0.1, 0.15) is 11.4 Å². The topological polar surface area (TPSA) is 98.6 Å². The first-order valence-electron chi connectivity index (χ1n) is 9.44. The second-order valence-corrected chi connectivity index (χ2v) is 6.74. The Kier molecular flexibility index (Phi) is 4.16. The Hall–Kier alpha value is -3.81. The number of esters is 1. The van der Waals surface area contributed by atoms with Gasteiger partial charge in [-0.1, -0.05) is 6.07 Å². The van der Waals surface area contributed by atoms with Crippen LogP contribution >= 0.6 is 0 Å². The van der Waals surface area contributed by atoms with E-state index in [-0.39, 0.29) is 5.97 Å². The lowest BCUT2D eigenvalue weighted by atomic mass is 9.92. The van der Waals surface area contributed by atoms with E-state index in [0.717, 1.165) is 52.3 Å². The Balaban J connectivity index is 1.52. The maximum Gasteiger partial charge on any atom is 0.356 e. The molecule has 0 amide bonds. The van der Waals surface area contributed by atoms with Crippen LogP contribution in [0.4, 0.5) is 0 Å². The molecule has 1 aliphatic rings. The second-order valence-electron chi connectivity index (χ2n) is 6.74. The third-order valence-electron chi connectivity index (χ3n) is 4.98. The molecule has 4 heterocycles. The minimum atomic E-state index is -0.376. The number of pyridine rings is 2. The number of aromatic nitrogens is 6. The first-order valence-corrected chi connectivity index (χ1v) is 9.44. The predicted molar refractivity (Wildman–Crippen MR) is 106 cm³/mol. The highest BCUT2D eigenvalue weighted by Crippen LogP contribution is 2.34. The van der Waals surface area contributed by atoms with Crippen LogP contribution < -0.4 is 0 Å². The van der Waals surface area contributed by atoms with E-state index >= 15 is 0 Å². The highest BCUT2D eigenvalue weighted by atomic mass is 16.5. The highest BCUT2D eigenvalue weighted by Gasteiger charge is 2.27. The molecular weight excluding hydrogens is 368 g/mol. The molecule has 1 N–H and O–H groups in total. The number of carbonyl (C=O) groups excluding carboxylic acids is 1. The van der Waals surface area contributed by atoms with E-state index in [1.165, 1.54) is 0 Å². The molecule has 8 nitrogen and oxygen atoms in total. The fourth-order valence-electron chi connectivity index (χ4n) is 3.58. The van der Waals surface area contributed by atoms with Crippen molar-refractivity contribution in [2.24, 2.45) is 0 Å². The van der Waals surface area contributed by atoms with Crippen LogP contribution in [0.1, 0.15) is 28.5 Å². The Labute approximate surface area is 166 Å². The third kappa shape index (κ3) is 2.98. The summed E-state index contributed by atoms with van der Waals surface area (Å²) < 4.78 is 6.90. The molecule has 0 unspecified atom stereocenters. The van der Waals surface area contributed by atoms with Crippen LogP contribution in [0.25, 0.3) is 28.3 Å². The normalized spacial score (nSPS) is 12.3. The van der Waals surface area contributed by atoms with Crippen LogP contribution in [0.15, 0.2) is 49.1 Å². The number of rotatable bonds is 4. The lowest BCUT2D eigenvalue weighted by Crippen LogP contribution is -2.11. The number of H-pyrrole nitrogens is 1. The molecule has 0 aromatic carbocycles. The monoisotopic (exact) mass is 386 g/mol. The van der Waals surface area contributed by atoms with Crippen molar-refractivity contribution in [3.05, 3.63) is 65.9 Å². The zero-order chi connectivity index (χ0) is 19.8. The summed E-state index contributed by atoms with van der Waals surface area (Å²) in [4.78, 5) is 21.2. The summed E-state index contributed by atoms with van der Waals surface area (Å²) in [5.74, 6) is -0.376. The Morgan fingerprint density at radius 1 is 1.21 bits per heavy atom. The first kappa shape index (κ1) is 17.3. The zero-order valence-electron chi connectivity index (χ0n) is 15.8. The predicted octanol–water partition coefficient (Wildman–Crippen LogP) is 2.99. The van der Waals surface area contributed by atoms with Crippen LogP contribution in [0.5, 0.6) is 0 Å². The van der Waals surface area contributed by atoms with E-state index in [2.05, 4.69) is 26.3 Å². The van der Waals surface area contributed by atoms with Gasteiger partial charge >= 0.3 is 5.97 Å². The summed E-state index contributed by atoms with van der Waals surface area (Å²) in [5, 5.41) is 11.6. The average Bonchev–Trinajstić information content (AvgIpc) is 3.42. The van der Waals surface area contributed by atoms with E-state index in [9.17, 15) is 4.79 Å². The van der Waals surface area contributed by atoms with Gasteiger partial charge in [0.25, 0.3) is 0 Å². The molecule has 0 aliphatic heterocycles. The smallest absolute Gasteiger partial charge is 0.356 e. The van der Waals surface area contributed by atoms with Crippen molar-refractivity contribution in [1.29, 1.82) is 0 Å². The van der Waals surface area contributed by atoms with Crippen molar-refractivity contribution >= 4 is 5.97 Å². The summed E-state index contributed by atoms with van der Waals surface area (Å²) in [6.45, 7) is 2.11. The largest absolute Gasteiger partial charge is 0.461 e. The highest BCUT2D eigenvalue weighted by molar-refractivity contribution is 5.91. The van der Waals surface area contributed by atoms with E-state index in [1.54, 1.807) is 30.2 Å². The zero-order valence-corrected chi connectivity index (χ0v) is 15.8. The number of nitrogens with zero attached hydrogens (tertiary/aromatic N) is 5. The van der Waals surface area contributed by atoms with Gasteiger partial charge in [-0.05, 0) is 43.5 Å². The van der Waals surface area contributed by atoms with Gasteiger partial charge in [0.05, 0.1) is 36.1 Å². The van der Waals surface area contributed by atoms with E-state index in [4.69, 9.17) is 9.72 Å². The van der Waals surface area contributed by atoms with Gasteiger partial charge in [-0.25, -0.2) is 14.5 Å². The number of nitrogens with one attached hydrogen (secondary N) is 1. The minimum Gasteiger partial charge on any atom is -0.461 e. The summed E-state index contributed by atoms with van der Waals surface area (Å²) in [7, 11) is 0. The van der Waals surface area contributed by atoms with Crippen molar-refractivity contribution in [3.8, 4) is 28.3 Å². The van der Waals surface area contributed by atoms with Gasteiger partial charge in [0.15, 0.2) is 0 Å². The molecular formula is C21H18N6O2. The quantitative estimate of drug-likeness (QED) is 0.542.